The summed E-state index contributed by atoms with van der Waals surface area (Å²) in [7, 11) is 0. The number of benzene rings is 2. The average molecular weight is 479 g/mol. The smallest absolute Gasteiger partial charge is 0.243 e. The van der Waals surface area contributed by atoms with Gasteiger partial charge in [-0.05, 0) is 43.9 Å². The SMILES string of the molecule is CC[C@@H](C)NC(=O)[C@@H](CC)N(CCc1ccccc1)C(=O)CSCc1c(F)cccc1Cl. The van der Waals surface area contributed by atoms with Crippen molar-refractivity contribution in [3.8, 4) is 0 Å². The maximum atomic E-state index is 14.0. The van der Waals surface area contributed by atoms with Crippen molar-refractivity contribution in [3.63, 3.8) is 0 Å². The first kappa shape index (κ1) is 26.2. The first-order valence-corrected chi connectivity index (χ1v) is 12.5. The summed E-state index contributed by atoms with van der Waals surface area (Å²) in [6.45, 7) is 6.32. The number of nitrogens with one attached hydrogen (secondary N) is 1. The van der Waals surface area contributed by atoms with Crippen molar-refractivity contribution in [1.82, 2.24) is 10.2 Å². The van der Waals surface area contributed by atoms with Gasteiger partial charge in [0.25, 0.3) is 0 Å². The van der Waals surface area contributed by atoms with Crippen molar-refractivity contribution in [3.05, 3.63) is 70.5 Å². The van der Waals surface area contributed by atoms with Crippen LogP contribution in [0, 0.1) is 5.82 Å². The summed E-state index contributed by atoms with van der Waals surface area (Å²) in [6.07, 6.45) is 2.00. The van der Waals surface area contributed by atoms with Crippen LogP contribution in [0.1, 0.15) is 44.7 Å². The molecular weight excluding hydrogens is 447 g/mol. The molecule has 174 valence electrons. The molecule has 0 spiro atoms. The Morgan fingerprint density at radius 1 is 1.09 bits per heavy atom. The van der Waals surface area contributed by atoms with Gasteiger partial charge in [0.15, 0.2) is 0 Å². The normalized spacial score (nSPS) is 12.8. The third-order valence-electron chi connectivity index (χ3n) is 5.40. The van der Waals surface area contributed by atoms with Crippen molar-refractivity contribution in [2.24, 2.45) is 0 Å². The van der Waals surface area contributed by atoms with E-state index in [-0.39, 0.29) is 29.4 Å². The molecule has 7 heteroatoms. The van der Waals surface area contributed by atoms with E-state index in [0.29, 0.717) is 35.7 Å². The molecule has 0 aromatic heterocycles. The highest BCUT2D eigenvalue weighted by Gasteiger charge is 2.28. The van der Waals surface area contributed by atoms with Gasteiger partial charge in [-0.15, -0.1) is 11.8 Å². The molecule has 2 amide bonds. The molecule has 0 saturated heterocycles. The maximum Gasteiger partial charge on any atom is 0.243 e. The summed E-state index contributed by atoms with van der Waals surface area (Å²) in [5.41, 5.74) is 1.50. The molecule has 2 atom stereocenters. The molecule has 32 heavy (non-hydrogen) atoms. The van der Waals surface area contributed by atoms with Gasteiger partial charge in [-0.3, -0.25) is 9.59 Å². The van der Waals surface area contributed by atoms with Crippen LogP contribution in [0.25, 0.3) is 0 Å². The van der Waals surface area contributed by atoms with E-state index in [9.17, 15) is 14.0 Å². The van der Waals surface area contributed by atoms with E-state index in [0.717, 1.165) is 12.0 Å². The van der Waals surface area contributed by atoms with E-state index in [1.807, 2.05) is 51.1 Å². The highest BCUT2D eigenvalue weighted by atomic mass is 35.5. The van der Waals surface area contributed by atoms with Crippen molar-refractivity contribution < 1.29 is 14.0 Å². The molecule has 4 nitrogen and oxygen atoms in total. The van der Waals surface area contributed by atoms with Gasteiger partial charge in [-0.1, -0.05) is 61.8 Å². The molecule has 0 fully saturated rings. The quantitative estimate of drug-likeness (QED) is 0.439. The fourth-order valence-electron chi connectivity index (χ4n) is 3.33. The molecule has 2 aromatic rings. The van der Waals surface area contributed by atoms with E-state index in [2.05, 4.69) is 5.32 Å². The van der Waals surface area contributed by atoms with Gasteiger partial charge in [-0.25, -0.2) is 4.39 Å². The van der Waals surface area contributed by atoms with Crippen LogP contribution in [0.15, 0.2) is 48.5 Å². The summed E-state index contributed by atoms with van der Waals surface area (Å²) >= 11 is 7.40. The number of hydrogen-bond donors (Lipinski definition) is 1. The minimum absolute atomic E-state index is 0.0419. The monoisotopic (exact) mass is 478 g/mol. The first-order valence-electron chi connectivity index (χ1n) is 11.0. The van der Waals surface area contributed by atoms with Gasteiger partial charge in [0.2, 0.25) is 11.8 Å². The lowest BCUT2D eigenvalue weighted by molar-refractivity contribution is -0.139. The molecule has 2 aromatic carbocycles. The van der Waals surface area contributed by atoms with E-state index in [4.69, 9.17) is 11.6 Å². The Bertz CT molecular complexity index is 861. The topological polar surface area (TPSA) is 49.4 Å². The fraction of sp³-hybridized carbons (Fsp3) is 0.440. The van der Waals surface area contributed by atoms with Gasteiger partial charge in [0.05, 0.1) is 5.75 Å². The van der Waals surface area contributed by atoms with E-state index >= 15 is 0 Å². The lowest BCUT2D eigenvalue weighted by Crippen LogP contribution is -2.52. The zero-order valence-corrected chi connectivity index (χ0v) is 20.5. The fourth-order valence-corrected chi connectivity index (χ4v) is 4.58. The lowest BCUT2D eigenvalue weighted by Gasteiger charge is -2.31. The number of carbonyl (C=O) groups is 2. The van der Waals surface area contributed by atoms with E-state index in [1.165, 1.54) is 17.8 Å². The molecule has 0 aliphatic rings. The Balaban J connectivity index is 2.10. The van der Waals surface area contributed by atoms with Crippen LogP contribution in [0.2, 0.25) is 5.02 Å². The highest BCUT2D eigenvalue weighted by Crippen LogP contribution is 2.24. The van der Waals surface area contributed by atoms with Crippen molar-refractivity contribution >= 4 is 35.2 Å². The minimum atomic E-state index is -0.544. The number of amides is 2. The zero-order chi connectivity index (χ0) is 23.5. The zero-order valence-electron chi connectivity index (χ0n) is 18.9. The minimum Gasteiger partial charge on any atom is -0.352 e. The molecule has 1 N–H and O–H groups in total. The Kier molecular flexibility index (Phi) is 11.0. The third-order valence-corrected chi connectivity index (χ3v) is 6.70. The number of carbonyl (C=O) groups excluding carboxylic acids is 2. The van der Waals surface area contributed by atoms with Gasteiger partial charge >= 0.3 is 0 Å². The number of rotatable bonds is 12. The van der Waals surface area contributed by atoms with Crippen LogP contribution in [0.3, 0.4) is 0 Å². The van der Waals surface area contributed by atoms with Crippen LogP contribution >= 0.6 is 23.4 Å². The van der Waals surface area contributed by atoms with E-state index < -0.39 is 6.04 Å². The van der Waals surface area contributed by atoms with Crippen LogP contribution in [-0.4, -0.2) is 41.1 Å². The maximum absolute atomic E-state index is 14.0. The summed E-state index contributed by atoms with van der Waals surface area (Å²) in [4.78, 5) is 27.8. The Morgan fingerprint density at radius 3 is 2.44 bits per heavy atom. The van der Waals surface area contributed by atoms with Crippen LogP contribution in [-0.2, 0) is 21.8 Å². The highest BCUT2D eigenvalue weighted by molar-refractivity contribution is 7.99. The summed E-state index contributed by atoms with van der Waals surface area (Å²) < 4.78 is 14.0. The van der Waals surface area contributed by atoms with Gasteiger partial charge in [-0.2, -0.15) is 0 Å². The predicted molar refractivity (Wildman–Crippen MR) is 131 cm³/mol. The third kappa shape index (κ3) is 7.82. The molecule has 0 radical (unpaired) electrons. The van der Waals surface area contributed by atoms with Crippen molar-refractivity contribution in [2.45, 2.75) is 57.9 Å². The second-order valence-corrected chi connectivity index (χ2v) is 9.15. The van der Waals surface area contributed by atoms with Crippen LogP contribution < -0.4 is 5.32 Å². The largest absolute Gasteiger partial charge is 0.352 e. The first-order chi connectivity index (χ1) is 15.4. The van der Waals surface area contributed by atoms with Crippen molar-refractivity contribution in [1.29, 1.82) is 0 Å². The average Bonchev–Trinajstić information content (AvgIpc) is 2.78. The predicted octanol–water partition coefficient (Wildman–Crippen LogP) is 5.48. The summed E-state index contributed by atoms with van der Waals surface area (Å²) in [5.74, 6) is -0.209. The van der Waals surface area contributed by atoms with Crippen molar-refractivity contribution in [2.75, 3.05) is 12.3 Å². The second-order valence-electron chi connectivity index (χ2n) is 7.76. The molecule has 0 unspecified atom stereocenters. The Hall–Kier alpha value is -2.05. The Morgan fingerprint density at radius 2 is 1.81 bits per heavy atom. The van der Waals surface area contributed by atoms with Gasteiger partial charge < -0.3 is 10.2 Å². The molecule has 0 heterocycles. The molecule has 0 aliphatic heterocycles. The van der Waals surface area contributed by atoms with E-state index in [1.54, 1.807) is 17.0 Å². The van der Waals surface area contributed by atoms with Crippen LogP contribution in [0.5, 0.6) is 0 Å². The molecule has 0 saturated carbocycles. The molecular formula is C25H32ClFN2O2S. The number of nitrogens with zero attached hydrogens (tertiary/aromatic N) is 1. The molecule has 0 bridgehead atoms. The second kappa shape index (κ2) is 13.5. The number of thioether (sulfide) groups is 1. The van der Waals surface area contributed by atoms with Gasteiger partial charge in [0.1, 0.15) is 11.9 Å². The Labute approximate surface area is 199 Å². The summed E-state index contributed by atoms with van der Waals surface area (Å²) in [5, 5.41) is 3.36. The molecule has 2 rings (SSSR count). The number of halogens is 2. The molecule has 0 aliphatic carbocycles. The number of hydrogen-bond acceptors (Lipinski definition) is 3. The summed E-state index contributed by atoms with van der Waals surface area (Å²) in [6, 6.07) is 14.0. The standard InChI is InChI=1S/C25H32ClFN2O2S/c1-4-18(3)28-25(31)23(5-2)29(15-14-19-10-7-6-8-11-19)24(30)17-32-16-20-21(26)12-9-13-22(20)27/h6-13,18,23H,4-5,14-17H2,1-3H3,(H,28,31)/t18-,23-/m1/s1. The van der Waals surface area contributed by atoms with Crippen LogP contribution in [0.4, 0.5) is 4.39 Å². The van der Waals surface area contributed by atoms with Gasteiger partial charge in [0, 0.05) is 28.9 Å². The lowest BCUT2D eigenvalue weighted by atomic mass is 10.1.